The summed E-state index contributed by atoms with van der Waals surface area (Å²) >= 11 is 0. The van der Waals surface area contributed by atoms with Crippen molar-refractivity contribution >= 4 is 16.4 Å². The second-order valence-corrected chi connectivity index (χ2v) is 22.7. The predicted octanol–water partition coefficient (Wildman–Crippen LogP) is 15.5. The lowest BCUT2D eigenvalue weighted by molar-refractivity contribution is -0.301. The minimum atomic E-state index is -5.06. The van der Waals surface area contributed by atoms with Gasteiger partial charge in [-0.1, -0.05) is 290 Å². The molecule has 72 heavy (non-hydrogen) atoms. The molecule has 430 valence electrons. The molecule has 0 bridgehead atoms. The number of esters is 1. The maximum Gasteiger partial charge on any atom is 0.397 e. The van der Waals surface area contributed by atoms with E-state index in [0.29, 0.717) is 13.0 Å². The Bertz CT molecular complexity index is 1260. The summed E-state index contributed by atoms with van der Waals surface area (Å²) in [4.78, 5) is 13.0. The fourth-order valence-corrected chi connectivity index (χ4v) is 10.6. The van der Waals surface area contributed by atoms with Gasteiger partial charge in [-0.15, -0.1) is 0 Å². The lowest BCUT2D eigenvalue weighted by Gasteiger charge is -2.41. The molecule has 1 heterocycles. The summed E-state index contributed by atoms with van der Waals surface area (Å²) in [5.74, 6) is -0.388. The summed E-state index contributed by atoms with van der Waals surface area (Å²) in [5, 5.41) is 30.9. The van der Waals surface area contributed by atoms with Crippen LogP contribution in [0.15, 0.2) is 0 Å². The molecule has 0 spiro atoms. The van der Waals surface area contributed by atoms with Gasteiger partial charge in [0.1, 0.15) is 30.5 Å². The number of hydrogen-bond acceptors (Lipinski definition) is 11. The number of ether oxygens (including phenoxy) is 4. The van der Waals surface area contributed by atoms with Crippen LogP contribution in [0.2, 0.25) is 0 Å². The van der Waals surface area contributed by atoms with Crippen molar-refractivity contribution in [1.82, 2.24) is 0 Å². The van der Waals surface area contributed by atoms with Gasteiger partial charge in [-0.3, -0.25) is 9.35 Å². The average Bonchev–Trinajstić information content (AvgIpc) is 3.36. The first-order valence-corrected chi connectivity index (χ1v) is 32.2. The van der Waals surface area contributed by atoms with Crippen LogP contribution < -0.4 is 0 Å². The van der Waals surface area contributed by atoms with Gasteiger partial charge in [-0.2, -0.15) is 8.42 Å². The zero-order chi connectivity index (χ0) is 52.4. The molecule has 0 aliphatic carbocycles. The molecule has 6 unspecified atom stereocenters. The summed E-state index contributed by atoms with van der Waals surface area (Å²) < 4.78 is 59.5. The SMILES string of the molecule is CCCCCCCCCCCCCCCCCCCCCCCCCCCCOCC(COC1OC(CO)C(O)C(OS(=O)(=O)O)C1O)OC(=O)CCCCCCCCCCCCCCCCCCCCC. The molecule has 0 amide bonds. The number of carbonyl (C=O) groups is 1. The van der Waals surface area contributed by atoms with Crippen LogP contribution in [0, 0.1) is 0 Å². The molecule has 1 aliphatic heterocycles. The summed E-state index contributed by atoms with van der Waals surface area (Å²) in [6.07, 6.45) is 50.1. The molecule has 4 N–H and O–H groups in total. The Morgan fingerprint density at radius 1 is 0.472 bits per heavy atom. The Morgan fingerprint density at radius 3 is 1.11 bits per heavy atom. The lowest BCUT2D eigenvalue weighted by Crippen LogP contribution is -2.60. The van der Waals surface area contributed by atoms with E-state index >= 15 is 0 Å². The fraction of sp³-hybridized carbons (Fsp3) is 0.983. The molecule has 12 nitrogen and oxygen atoms in total. The molecule has 0 aromatic carbocycles. The van der Waals surface area contributed by atoms with Gasteiger partial charge in [0.25, 0.3) is 0 Å². The van der Waals surface area contributed by atoms with E-state index in [0.717, 1.165) is 38.5 Å². The highest BCUT2D eigenvalue weighted by molar-refractivity contribution is 7.80. The Labute approximate surface area is 443 Å². The van der Waals surface area contributed by atoms with E-state index in [9.17, 15) is 33.1 Å². The molecule has 13 heteroatoms. The van der Waals surface area contributed by atoms with Crippen LogP contribution in [-0.4, -0.2) is 97.5 Å². The van der Waals surface area contributed by atoms with Gasteiger partial charge in [0.15, 0.2) is 6.29 Å². The van der Waals surface area contributed by atoms with Crippen molar-refractivity contribution < 1.29 is 56.2 Å². The Morgan fingerprint density at radius 2 is 0.792 bits per heavy atom. The number of unbranched alkanes of at least 4 members (excludes halogenated alkanes) is 43. The topological polar surface area (TPSA) is 178 Å². The van der Waals surface area contributed by atoms with Crippen molar-refractivity contribution in [2.75, 3.05) is 26.4 Å². The van der Waals surface area contributed by atoms with E-state index in [-0.39, 0.29) is 25.6 Å². The smallest absolute Gasteiger partial charge is 0.397 e. The van der Waals surface area contributed by atoms with E-state index in [2.05, 4.69) is 18.0 Å². The molecule has 1 aliphatic rings. The first-order chi connectivity index (χ1) is 35.1. The van der Waals surface area contributed by atoms with Gasteiger partial charge in [0, 0.05) is 13.0 Å². The highest BCUT2D eigenvalue weighted by atomic mass is 32.3. The van der Waals surface area contributed by atoms with Crippen LogP contribution in [0.1, 0.15) is 309 Å². The third kappa shape index (κ3) is 43.2. The molecule has 6 atom stereocenters. The number of rotatable bonds is 56. The number of hydrogen-bond donors (Lipinski definition) is 4. The normalized spacial score (nSPS) is 18.8. The van der Waals surface area contributed by atoms with Gasteiger partial charge in [-0.25, -0.2) is 4.18 Å². The van der Waals surface area contributed by atoms with Crippen molar-refractivity contribution in [3.63, 3.8) is 0 Å². The van der Waals surface area contributed by atoms with E-state index in [1.54, 1.807) is 0 Å². The van der Waals surface area contributed by atoms with E-state index in [1.165, 1.54) is 244 Å². The molecule has 0 aromatic heterocycles. The van der Waals surface area contributed by atoms with Gasteiger partial charge < -0.3 is 34.3 Å². The van der Waals surface area contributed by atoms with Crippen molar-refractivity contribution in [2.45, 2.75) is 346 Å². The molecular weight excluding hydrogens is 933 g/mol. The van der Waals surface area contributed by atoms with Crippen LogP contribution in [0.4, 0.5) is 0 Å². The average molecular weight is 1050 g/mol. The molecular formula is C59H116O12S. The van der Waals surface area contributed by atoms with E-state index in [4.69, 9.17) is 18.9 Å². The summed E-state index contributed by atoms with van der Waals surface area (Å²) in [6, 6.07) is 0. The number of aliphatic hydroxyl groups excluding tert-OH is 3. The van der Waals surface area contributed by atoms with Crippen LogP contribution in [0.5, 0.6) is 0 Å². The van der Waals surface area contributed by atoms with Crippen LogP contribution in [0.25, 0.3) is 0 Å². The first kappa shape index (κ1) is 69.1. The maximum atomic E-state index is 13.0. The summed E-state index contributed by atoms with van der Waals surface area (Å²) in [7, 11) is -5.06. The zero-order valence-corrected chi connectivity index (χ0v) is 47.6. The highest BCUT2D eigenvalue weighted by Crippen LogP contribution is 2.26. The van der Waals surface area contributed by atoms with Crippen LogP contribution in [0.3, 0.4) is 0 Å². The number of carbonyl (C=O) groups excluding carboxylic acids is 1. The van der Waals surface area contributed by atoms with Gasteiger partial charge in [0.2, 0.25) is 0 Å². The standard InChI is InChI=1S/C59H116O12S/c1-3-5-7-9-11-13-15-17-19-21-23-24-25-26-27-28-29-31-33-35-37-39-41-43-45-47-49-67-51-53(52-68-59-57(63)58(71-72(64,65)66)56(62)54(50-60)70-59)69-55(61)48-46-44-42-40-38-36-34-32-30-22-20-18-16-14-12-10-8-6-4-2/h53-54,56-60,62-63H,3-52H2,1-2H3,(H,64,65,66). The number of aliphatic hydroxyl groups is 3. The van der Waals surface area contributed by atoms with Crippen LogP contribution in [-0.2, 0) is 38.3 Å². The molecule has 0 radical (unpaired) electrons. The van der Waals surface area contributed by atoms with Gasteiger partial charge in [0.05, 0.1) is 19.8 Å². The van der Waals surface area contributed by atoms with Crippen molar-refractivity contribution in [2.24, 2.45) is 0 Å². The van der Waals surface area contributed by atoms with E-state index < -0.39 is 53.8 Å². The Balaban J connectivity index is 2.23. The first-order valence-electron chi connectivity index (χ1n) is 30.8. The fourth-order valence-electron chi connectivity index (χ4n) is 10.1. The largest absolute Gasteiger partial charge is 0.457 e. The van der Waals surface area contributed by atoms with Crippen molar-refractivity contribution in [3.05, 3.63) is 0 Å². The minimum Gasteiger partial charge on any atom is -0.457 e. The van der Waals surface area contributed by atoms with Gasteiger partial charge >= 0.3 is 16.4 Å². The van der Waals surface area contributed by atoms with Gasteiger partial charge in [-0.05, 0) is 12.8 Å². The molecule has 1 fully saturated rings. The molecule has 0 aromatic rings. The minimum absolute atomic E-state index is 0.0458. The predicted molar refractivity (Wildman–Crippen MR) is 295 cm³/mol. The zero-order valence-electron chi connectivity index (χ0n) is 46.8. The third-order valence-corrected chi connectivity index (χ3v) is 15.2. The quantitative estimate of drug-likeness (QED) is 0.0258. The Kier molecular flexibility index (Phi) is 48.9. The third-order valence-electron chi connectivity index (χ3n) is 14.7. The lowest BCUT2D eigenvalue weighted by atomic mass is 9.99. The Hall–Kier alpha value is -0.900. The molecule has 1 saturated heterocycles. The van der Waals surface area contributed by atoms with Crippen molar-refractivity contribution in [1.29, 1.82) is 0 Å². The van der Waals surface area contributed by atoms with Crippen molar-refractivity contribution in [3.8, 4) is 0 Å². The monoisotopic (exact) mass is 1050 g/mol. The van der Waals surface area contributed by atoms with E-state index in [1.807, 2.05) is 0 Å². The second-order valence-electron chi connectivity index (χ2n) is 21.7. The maximum absolute atomic E-state index is 13.0. The highest BCUT2D eigenvalue weighted by Gasteiger charge is 2.48. The summed E-state index contributed by atoms with van der Waals surface area (Å²) in [5.41, 5.74) is 0. The molecule has 1 rings (SSSR count). The molecule has 0 saturated carbocycles. The van der Waals surface area contributed by atoms with Crippen LogP contribution >= 0.6 is 0 Å². The second kappa shape index (κ2) is 50.9. The summed E-state index contributed by atoms with van der Waals surface area (Å²) in [6.45, 7) is 4.09.